The van der Waals surface area contributed by atoms with E-state index in [1.54, 1.807) is 0 Å². The lowest BCUT2D eigenvalue weighted by Crippen LogP contribution is -2.31. The quantitative estimate of drug-likeness (QED) is 0.712. The monoisotopic (exact) mass is 305 g/mol. The Morgan fingerprint density at radius 1 is 1.05 bits per heavy atom. The molecule has 1 aliphatic heterocycles. The third kappa shape index (κ3) is 4.86. The summed E-state index contributed by atoms with van der Waals surface area (Å²) in [6, 6.07) is 8.19. The molecule has 0 spiro atoms. The summed E-state index contributed by atoms with van der Waals surface area (Å²) in [6.07, 6.45) is 2.74. The van der Waals surface area contributed by atoms with Crippen LogP contribution < -0.4 is 0 Å². The van der Waals surface area contributed by atoms with Crippen LogP contribution in [0, 0.1) is 11.8 Å². The minimum Gasteiger partial charge on any atom is -0.299 e. The summed E-state index contributed by atoms with van der Waals surface area (Å²) in [5, 5.41) is 0.805. The lowest BCUT2D eigenvalue weighted by molar-refractivity contribution is 0.256. The molecule has 1 aliphatic rings. The number of nitrogens with zero attached hydrogens (tertiary/aromatic N) is 1. The van der Waals surface area contributed by atoms with Crippen molar-refractivity contribution >= 4 is 17.2 Å². The molecule has 0 N–H and O–H groups in total. The maximum Gasteiger partial charge on any atom is 0.0406 e. The van der Waals surface area contributed by atoms with Crippen molar-refractivity contribution < 1.29 is 0 Å². The fourth-order valence-corrected chi connectivity index (χ4v) is 3.36. The SMILES string of the molecule is C/C(CN1CC(C)CCC(C)C1)=C(\C)c1ccc(Cl)cc1. The molecule has 2 atom stereocenters. The summed E-state index contributed by atoms with van der Waals surface area (Å²) in [7, 11) is 0. The molecule has 2 heteroatoms. The molecule has 0 aliphatic carbocycles. The molecule has 1 fully saturated rings. The third-order valence-electron chi connectivity index (χ3n) is 4.67. The zero-order valence-electron chi connectivity index (χ0n) is 13.8. The van der Waals surface area contributed by atoms with E-state index < -0.39 is 0 Å². The van der Waals surface area contributed by atoms with E-state index in [4.69, 9.17) is 11.6 Å². The van der Waals surface area contributed by atoms with Gasteiger partial charge in [0.15, 0.2) is 0 Å². The van der Waals surface area contributed by atoms with Gasteiger partial charge in [-0.3, -0.25) is 4.90 Å². The number of benzene rings is 1. The van der Waals surface area contributed by atoms with Gasteiger partial charge >= 0.3 is 0 Å². The Hall–Kier alpha value is -0.790. The molecule has 21 heavy (non-hydrogen) atoms. The number of halogens is 1. The Morgan fingerprint density at radius 3 is 2.10 bits per heavy atom. The van der Waals surface area contributed by atoms with Crippen molar-refractivity contribution in [2.45, 2.75) is 40.5 Å². The molecule has 1 saturated heterocycles. The van der Waals surface area contributed by atoms with E-state index in [-0.39, 0.29) is 0 Å². The van der Waals surface area contributed by atoms with Gasteiger partial charge < -0.3 is 0 Å². The Morgan fingerprint density at radius 2 is 1.57 bits per heavy atom. The first kappa shape index (κ1) is 16.6. The standard InChI is InChI=1S/C19H28ClN/c1-14-5-6-15(2)12-21(11-14)13-16(3)17(4)18-7-9-19(20)10-8-18/h7-10,14-15H,5-6,11-13H2,1-4H3/b17-16-. The number of likely N-dealkylation sites (tertiary alicyclic amines) is 1. The molecular weight excluding hydrogens is 278 g/mol. The van der Waals surface area contributed by atoms with Crippen LogP contribution >= 0.6 is 11.6 Å². The van der Waals surface area contributed by atoms with Crippen molar-refractivity contribution in [3.63, 3.8) is 0 Å². The molecule has 0 amide bonds. The van der Waals surface area contributed by atoms with Gasteiger partial charge in [0.2, 0.25) is 0 Å². The lowest BCUT2D eigenvalue weighted by atomic mass is 10.0. The van der Waals surface area contributed by atoms with Crippen molar-refractivity contribution in [3.05, 3.63) is 40.4 Å². The van der Waals surface area contributed by atoms with Gasteiger partial charge in [0.1, 0.15) is 0 Å². The smallest absolute Gasteiger partial charge is 0.0406 e. The highest BCUT2D eigenvalue weighted by molar-refractivity contribution is 6.30. The maximum atomic E-state index is 5.98. The average Bonchev–Trinajstić information content (AvgIpc) is 2.60. The van der Waals surface area contributed by atoms with Gasteiger partial charge in [-0.15, -0.1) is 0 Å². The highest BCUT2D eigenvalue weighted by Gasteiger charge is 2.19. The average molecular weight is 306 g/mol. The van der Waals surface area contributed by atoms with Crippen molar-refractivity contribution in [1.82, 2.24) is 4.90 Å². The van der Waals surface area contributed by atoms with Crippen LogP contribution in [-0.2, 0) is 0 Å². The van der Waals surface area contributed by atoms with Crippen molar-refractivity contribution in [3.8, 4) is 0 Å². The summed E-state index contributed by atoms with van der Waals surface area (Å²) in [5.41, 5.74) is 4.14. The van der Waals surface area contributed by atoms with Gasteiger partial charge in [-0.2, -0.15) is 0 Å². The molecule has 2 unspecified atom stereocenters. The number of hydrogen-bond donors (Lipinski definition) is 0. The topological polar surface area (TPSA) is 3.24 Å². The summed E-state index contributed by atoms with van der Waals surface area (Å²) in [5.74, 6) is 1.64. The Balaban J connectivity index is 2.09. The zero-order chi connectivity index (χ0) is 15.4. The van der Waals surface area contributed by atoms with Crippen molar-refractivity contribution in [1.29, 1.82) is 0 Å². The van der Waals surface area contributed by atoms with E-state index >= 15 is 0 Å². The predicted octanol–water partition coefficient (Wildman–Crippen LogP) is 5.50. The van der Waals surface area contributed by atoms with E-state index in [1.807, 2.05) is 12.1 Å². The first-order valence-electron chi connectivity index (χ1n) is 8.10. The molecule has 0 aromatic heterocycles. The molecule has 1 aromatic carbocycles. The molecule has 0 bridgehead atoms. The van der Waals surface area contributed by atoms with Crippen LogP contribution in [-0.4, -0.2) is 24.5 Å². The van der Waals surface area contributed by atoms with Crippen LogP contribution in [0.2, 0.25) is 5.02 Å². The van der Waals surface area contributed by atoms with E-state index in [0.29, 0.717) is 0 Å². The summed E-state index contributed by atoms with van der Waals surface area (Å²) < 4.78 is 0. The number of rotatable bonds is 3. The van der Waals surface area contributed by atoms with Gasteiger partial charge in [0, 0.05) is 24.7 Å². The normalized spacial score (nSPS) is 25.4. The fourth-order valence-electron chi connectivity index (χ4n) is 3.24. The number of hydrogen-bond acceptors (Lipinski definition) is 1. The van der Waals surface area contributed by atoms with Gasteiger partial charge in [-0.1, -0.05) is 43.2 Å². The fraction of sp³-hybridized carbons (Fsp3) is 0.579. The van der Waals surface area contributed by atoms with Gasteiger partial charge in [-0.05, 0) is 61.8 Å². The molecule has 116 valence electrons. The van der Waals surface area contributed by atoms with E-state index in [9.17, 15) is 0 Å². The minimum absolute atomic E-state index is 0.805. The third-order valence-corrected chi connectivity index (χ3v) is 4.92. The van der Waals surface area contributed by atoms with E-state index in [0.717, 1.165) is 23.4 Å². The van der Waals surface area contributed by atoms with Gasteiger partial charge in [0.05, 0.1) is 0 Å². The van der Waals surface area contributed by atoms with Crippen LogP contribution in [0.1, 0.15) is 46.1 Å². The van der Waals surface area contributed by atoms with Gasteiger partial charge in [-0.25, -0.2) is 0 Å². The minimum atomic E-state index is 0.805. The Labute approximate surface area is 135 Å². The summed E-state index contributed by atoms with van der Waals surface area (Å²) in [6.45, 7) is 12.8. The lowest BCUT2D eigenvalue weighted by Gasteiger charge is -2.25. The van der Waals surface area contributed by atoms with Crippen LogP contribution in [0.3, 0.4) is 0 Å². The molecular formula is C19H28ClN. The first-order valence-corrected chi connectivity index (χ1v) is 8.48. The van der Waals surface area contributed by atoms with Crippen molar-refractivity contribution in [2.75, 3.05) is 19.6 Å². The molecule has 1 heterocycles. The van der Waals surface area contributed by atoms with Crippen LogP contribution in [0.4, 0.5) is 0 Å². The second kappa shape index (κ2) is 7.47. The zero-order valence-corrected chi connectivity index (χ0v) is 14.6. The molecule has 0 saturated carbocycles. The van der Waals surface area contributed by atoms with Crippen LogP contribution in [0.15, 0.2) is 29.8 Å². The summed E-state index contributed by atoms with van der Waals surface area (Å²) >= 11 is 5.98. The predicted molar refractivity (Wildman–Crippen MR) is 93.7 cm³/mol. The molecule has 0 radical (unpaired) electrons. The Kier molecular flexibility index (Phi) is 5.89. The second-order valence-electron chi connectivity index (χ2n) is 6.89. The first-order chi connectivity index (χ1) is 9.95. The van der Waals surface area contributed by atoms with Gasteiger partial charge in [0.25, 0.3) is 0 Å². The maximum absolute atomic E-state index is 5.98. The Bertz CT molecular complexity index is 477. The largest absolute Gasteiger partial charge is 0.299 e. The number of allylic oxidation sites excluding steroid dienone is 1. The molecule has 1 nitrogen and oxygen atoms in total. The molecule has 2 rings (SSSR count). The highest BCUT2D eigenvalue weighted by atomic mass is 35.5. The summed E-state index contributed by atoms with van der Waals surface area (Å²) in [4.78, 5) is 2.64. The second-order valence-corrected chi connectivity index (χ2v) is 7.33. The van der Waals surface area contributed by atoms with Crippen LogP contribution in [0.5, 0.6) is 0 Å². The van der Waals surface area contributed by atoms with Crippen molar-refractivity contribution in [2.24, 2.45) is 11.8 Å². The van der Waals surface area contributed by atoms with E-state index in [1.165, 1.54) is 42.6 Å². The van der Waals surface area contributed by atoms with Crippen LogP contribution in [0.25, 0.3) is 5.57 Å². The highest BCUT2D eigenvalue weighted by Crippen LogP contribution is 2.24. The molecule has 1 aromatic rings. The van der Waals surface area contributed by atoms with E-state index in [2.05, 4.69) is 44.7 Å².